The number of primary amides is 1. The molecule has 0 radical (unpaired) electrons. The van der Waals surface area contributed by atoms with Crippen molar-refractivity contribution in [3.05, 3.63) is 54.1 Å². The summed E-state index contributed by atoms with van der Waals surface area (Å²) >= 11 is 0. The van der Waals surface area contributed by atoms with Crippen LogP contribution in [0.15, 0.2) is 48.5 Å². The first-order chi connectivity index (χ1) is 14.9. The number of hydrogen-bond acceptors (Lipinski definition) is 4. The summed E-state index contributed by atoms with van der Waals surface area (Å²) in [6.07, 6.45) is 2.16. The van der Waals surface area contributed by atoms with Gasteiger partial charge in [-0.1, -0.05) is 55.8 Å². The van der Waals surface area contributed by atoms with Crippen molar-refractivity contribution in [2.75, 3.05) is 11.9 Å². The summed E-state index contributed by atoms with van der Waals surface area (Å²) in [6.45, 7) is 2.04. The van der Waals surface area contributed by atoms with Gasteiger partial charge in [0.15, 0.2) is 0 Å². The third-order valence-electron chi connectivity index (χ3n) is 6.08. The van der Waals surface area contributed by atoms with E-state index in [-0.39, 0.29) is 24.8 Å². The SMILES string of the molecule is CCC[C@](O)(C(N)=O)C(=O)N(CC1CC1)[C@@H]1C(=O)Nc2ccccc2-c2ccccc21. The second-order valence-corrected chi connectivity index (χ2v) is 8.40. The standard InChI is InChI=1S/C24H27N3O4/c1-2-13-24(31,22(25)29)23(30)27(14-15-11-12-15)20-18-9-4-3-7-16(18)17-8-5-6-10-19(17)26-21(20)28/h3-10,15,20,31H,2,11-14H2,1H3,(H2,25,29)(H,26,28)/t20-,24-/m0/s1. The smallest absolute Gasteiger partial charge is 0.265 e. The number of benzene rings is 2. The van der Waals surface area contributed by atoms with Gasteiger partial charge in [0.1, 0.15) is 6.04 Å². The molecule has 2 aromatic carbocycles. The normalized spacial score (nSPS) is 19.3. The van der Waals surface area contributed by atoms with Gasteiger partial charge >= 0.3 is 0 Å². The van der Waals surface area contributed by atoms with Crippen molar-refractivity contribution in [3.8, 4) is 11.1 Å². The van der Waals surface area contributed by atoms with Gasteiger partial charge in [0.05, 0.1) is 0 Å². The van der Waals surface area contributed by atoms with Gasteiger partial charge in [-0.05, 0) is 42.4 Å². The van der Waals surface area contributed by atoms with E-state index in [1.807, 2.05) is 48.5 Å². The lowest BCUT2D eigenvalue weighted by molar-refractivity contribution is -0.164. The molecule has 0 spiro atoms. The molecule has 1 heterocycles. The molecule has 4 N–H and O–H groups in total. The van der Waals surface area contributed by atoms with E-state index in [1.165, 1.54) is 4.90 Å². The fraction of sp³-hybridized carbons (Fsp3) is 0.375. The number of hydrogen-bond donors (Lipinski definition) is 3. The first kappa shape index (κ1) is 21.1. The molecule has 1 aliphatic carbocycles. The first-order valence-electron chi connectivity index (χ1n) is 10.7. The Morgan fingerprint density at radius 1 is 1.13 bits per heavy atom. The summed E-state index contributed by atoms with van der Waals surface area (Å²) in [4.78, 5) is 40.5. The van der Waals surface area contributed by atoms with Gasteiger partial charge in [0.25, 0.3) is 17.7 Å². The number of nitrogens with zero attached hydrogens (tertiary/aromatic N) is 1. The minimum Gasteiger partial charge on any atom is -0.372 e. The van der Waals surface area contributed by atoms with Gasteiger partial charge in [0, 0.05) is 17.8 Å². The number of rotatable bonds is 7. The van der Waals surface area contributed by atoms with Crippen molar-refractivity contribution in [1.82, 2.24) is 4.90 Å². The Morgan fingerprint density at radius 3 is 2.42 bits per heavy atom. The number of fused-ring (bicyclic) bond motifs is 3. The average Bonchev–Trinajstić information content (AvgIpc) is 3.58. The fourth-order valence-corrected chi connectivity index (χ4v) is 4.28. The molecule has 3 amide bonds. The van der Waals surface area contributed by atoms with Crippen LogP contribution in [0.4, 0.5) is 5.69 Å². The molecule has 0 saturated heterocycles. The highest BCUT2D eigenvalue weighted by Gasteiger charge is 2.49. The van der Waals surface area contributed by atoms with Gasteiger partial charge in [-0.25, -0.2) is 0 Å². The molecule has 31 heavy (non-hydrogen) atoms. The third-order valence-corrected chi connectivity index (χ3v) is 6.08. The fourth-order valence-electron chi connectivity index (χ4n) is 4.28. The van der Waals surface area contributed by atoms with E-state index in [0.717, 1.165) is 24.0 Å². The first-order valence-corrected chi connectivity index (χ1v) is 10.7. The zero-order valence-corrected chi connectivity index (χ0v) is 17.5. The van der Waals surface area contributed by atoms with Crippen LogP contribution >= 0.6 is 0 Å². The average molecular weight is 421 g/mol. The number of amides is 3. The van der Waals surface area contributed by atoms with Crippen LogP contribution in [0, 0.1) is 5.92 Å². The Labute approximate surface area is 181 Å². The summed E-state index contributed by atoms with van der Waals surface area (Å²) in [5.41, 5.74) is 6.10. The Bertz CT molecular complexity index is 1030. The van der Waals surface area contributed by atoms with Gasteiger partial charge in [-0.3, -0.25) is 14.4 Å². The molecule has 7 nitrogen and oxygen atoms in total. The summed E-state index contributed by atoms with van der Waals surface area (Å²) in [6, 6.07) is 13.9. The summed E-state index contributed by atoms with van der Waals surface area (Å²) in [5.74, 6) is -2.05. The lowest BCUT2D eigenvalue weighted by Crippen LogP contribution is -2.59. The summed E-state index contributed by atoms with van der Waals surface area (Å²) < 4.78 is 0. The van der Waals surface area contributed by atoms with Gasteiger partial charge in [-0.15, -0.1) is 0 Å². The number of carbonyl (C=O) groups excluding carboxylic acids is 3. The molecule has 0 aromatic heterocycles. The molecule has 0 bridgehead atoms. The molecule has 1 aliphatic heterocycles. The predicted octanol–water partition coefficient (Wildman–Crippen LogP) is 2.60. The molecule has 0 unspecified atom stereocenters. The number of nitrogens with one attached hydrogen (secondary N) is 1. The highest BCUT2D eigenvalue weighted by molar-refractivity contribution is 6.10. The van der Waals surface area contributed by atoms with E-state index in [1.54, 1.807) is 6.92 Å². The van der Waals surface area contributed by atoms with Crippen LogP contribution in [0.1, 0.15) is 44.2 Å². The van der Waals surface area contributed by atoms with Crippen molar-refractivity contribution in [1.29, 1.82) is 0 Å². The summed E-state index contributed by atoms with van der Waals surface area (Å²) in [5, 5.41) is 13.9. The topological polar surface area (TPSA) is 113 Å². The molecular weight excluding hydrogens is 394 g/mol. The molecule has 2 aliphatic rings. The Balaban J connectivity index is 1.84. The quantitative estimate of drug-likeness (QED) is 0.597. The van der Waals surface area contributed by atoms with Gasteiger partial charge < -0.3 is 21.1 Å². The molecule has 2 atom stereocenters. The Hall–Kier alpha value is -3.19. The third kappa shape index (κ3) is 3.81. The summed E-state index contributed by atoms with van der Waals surface area (Å²) in [7, 11) is 0. The van der Waals surface area contributed by atoms with Crippen molar-refractivity contribution < 1.29 is 19.5 Å². The van der Waals surface area contributed by atoms with E-state index >= 15 is 0 Å². The zero-order valence-electron chi connectivity index (χ0n) is 17.5. The Morgan fingerprint density at radius 2 is 1.77 bits per heavy atom. The predicted molar refractivity (Wildman–Crippen MR) is 117 cm³/mol. The largest absolute Gasteiger partial charge is 0.372 e. The highest BCUT2D eigenvalue weighted by Crippen LogP contribution is 2.42. The van der Waals surface area contributed by atoms with Crippen molar-refractivity contribution in [3.63, 3.8) is 0 Å². The molecule has 162 valence electrons. The second kappa shape index (κ2) is 8.15. The monoisotopic (exact) mass is 421 g/mol. The molecule has 1 saturated carbocycles. The van der Waals surface area contributed by atoms with Crippen LogP contribution in [-0.4, -0.2) is 39.9 Å². The number of carbonyl (C=O) groups is 3. The molecule has 4 rings (SSSR count). The van der Waals surface area contributed by atoms with E-state index in [4.69, 9.17) is 5.73 Å². The van der Waals surface area contributed by atoms with E-state index in [9.17, 15) is 19.5 Å². The van der Waals surface area contributed by atoms with Crippen LogP contribution in [0.25, 0.3) is 11.1 Å². The van der Waals surface area contributed by atoms with Crippen LogP contribution < -0.4 is 11.1 Å². The zero-order chi connectivity index (χ0) is 22.2. The molecule has 2 aromatic rings. The molecule has 1 fully saturated rings. The van der Waals surface area contributed by atoms with Crippen LogP contribution in [0.5, 0.6) is 0 Å². The van der Waals surface area contributed by atoms with Crippen molar-refractivity contribution in [2.45, 2.75) is 44.2 Å². The Kier molecular flexibility index (Phi) is 5.54. The van der Waals surface area contributed by atoms with Crippen LogP contribution in [-0.2, 0) is 14.4 Å². The number of aliphatic hydroxyl groups is 1. The number of anilines is 1. The van der Waals surface area contributed by atoms with Crippen LogP contribution in [0.2, 0.25) is 0 Å². The second-order valence-electron chi connectivity index (χ2n) is 8.40. The van der Waals surface area contributed by atoms with Crippen LogP contribution in [0.3, 0.4) is 0 Å². The maximum Gasteiger partial charge on any atom is 0.265 e. The van der Waals surface area contributed by atoms with E-state index in [2.05, 4.69) is 5.32 Å². The maximum atomic E-state index is 13.6. The minimum atomic E-state index is -2.35. The minimum absolute atomic E-state index is 0.0987. The van der Waals surface area contributed by atoms with Crippen molar-refractivity contribution in [2.24, 2.45) is 11.7 Å². The molecular formula is C24H27N3O4. The van der Waals surface area contributed by atoms with Gasteiger partial charge in [-0.2, -0.15) is 0 Å². The number of nitrogens with two attached hydrogens (primary N) is 1. The highest BCUT2D eigenvalue weighted by atomic mass is 16.3. The molecule has 7 heteroatoms. The lowest BCUT2D eigenvalue weighted by Gasteiger charge is -2.36. The van der Waals surface area contributed by atoms with E-state index < -0.39 is 23.5 Å². The maximum absolute atomic E-state index is 13.6. The van der Waals surface area contributed by atoms with Crippen molar-refractivity contribution >= 4 is 23.4 Å². The van der Waals surface area contributed by atoms with E-state index in [0.29, 0.717) is 17.7 Å². The van der Waals surface area contributed by atoms with Gasteiger partial charge in [0.2, 0.25) is 5.60 Å². The lowest BCUT2D eigenvalue weighted by atomic mass is 9.91. The number of para-hydroxylation sites is 1.